The van der Waals surface area contributed by atoms with Gasteiger partial charge in [0.05, 0.1) is 19.1 Å². The number of carbonyl (C=O) groups excluding carboxylic acids is 1. The largest absolute Gasteiger partial charge is 0.497 e. The van der Waals surface area contributed by atoms with Crippen LogP contribution in [-0.4, -0.2) is 38.9 Å². The zero-order chi connectivity index (χ0) is 24.3. The summed E-state index contributed by atoms with van der Waals surface area (Å²) in [6.07, 6.45) is 0.294. The van der Waals surface area contributed by atoms with Crippen molar-refractivity contribution in [1.29, 1.82) is 0 Å². The minimum absolute atomic E-state index is 0.132. The van der Waals surface area contributed by atoms with Crippen LogP contribution in [0.3, 0.4) is 0 Å². The maximum absolute atomic E-state index is 13.6. The Kier molecular flexibility index (Phi) is 6.90. The summed E-state index contributed by atoms with van der Waals surface area (Å²) in [5.41, 5.74) is 3.57. The molecule has 178 valence electrons. The summed E-state index contributed by atoms with van der Waals surface area (Å²) in [5, 5.41) is 2.91. The summed E-state index contributed by atoms with van der Waals surface area (Å²) in [5.74, 6) is 0.884. The second-order valence-corrected chi connectivity index (χ2v) is 10.1. The molecule has 7 nitrogen and oxygen atoms in total. The number of ether oxygens (including phenoxy) is 2. The molecule has 1 atom stereocenters. The summed E-state index contributed by atoms with van der Waals surface area (Å²) < 4.78 is 39.2. The normalized spacial score (nSPS) is 15.9. The van der Waals surface area contributed by atoms with Gasteiger partial charge in [0.2, 0.25) is 15.9 Å². The van der Waals surface area contributed by atoms with Crippen molar-refractivity contribution >= 4 is 15.9 Å². The highest BCUT2D eigenvalue weighted by molar-refractivity contribution is 7.89. The van der Waals surface area contributed by atoms with Gasteiger partial charge in [0, 0.05) is 18.7 Å². The van der Waals surface area contributed by atoms with Gasteiger partial charge in [-0.05, 0) is 54.8 Å². The maximum Gasteiger partial charge on any atom is 0.244 e. The molecule has 0 saturated carbocycles. The van der Waals surface area contributed by atoms with Crippen LogP contribution >= 0.6 is 0 Å². The Morgan fingerprint density at radius 3 is 2.38 bits per heavy atom. The van der Waals surface area contributed by atoms with Crippen molar-refractivity contribution in [2.75, 3.05) is 14.2 Å². The number of rotatable bonds is 7. The first-order valence-corrected chi connectivity index (χ1v) is 12.4. The molecule has 0 unspecified atom stereocenters. The van der Waals surface area contributed by atoms with E-state index in [1.807, 2.05) is 31.2 Å². The summed E-state index contributed by atoms with van der Waals surface area (Å²) in [7, 11) is -0.771. The molecule has 0 radical (unpaired) electrons. The Balaban J connectivity index is 1.63. The van der Waals surface area contributed by atoms with Gasteiger partial charge in [0.25, 0.3) is 0 Å². The molecule has 0 spiro atoms. The van der Waals surface area contributed by atoms with E-state index in [0.29, 0.717) is 17.9 Å². The zero-order valence-electron chi connectivity index (χ0n) is 19.4. The number of hydrogen-bond donors (Lipinski definition) is 1. The first-order chi connectivity index (χ1) is 16.3. The number of sulfonamides is 1. The number of fused-ring (bicyclic) bond motifs is 1. The number of methoxy groups -OCH3 is 2. The topological polar surface area (TPSA) is 84.9 Å². The third-order valence-electron chi connectivity index (χ3n) is 6.08. The zero-order valence-corrected chi connectivity index (χ0v) is 20.3. The molecule has 4 rings (SSSR count). The monoisotopic (exact) mass is 480 g/mol. The van der Waals surface area contributed by atoms with Gasteiger partial charge in [-0.15, -0.1) is 0 Å². The second kappa shape index (κ2) is 9.87. The van der Waals surface area contributed by atoms with Crippen molar-refractivity contribution in [2.45, 2.75) is 37.4 Å². The van der Waals surface area contributed by atoms with Crippen molar-refractivity contribution in [2.24, 2.45) is 0 Å². The lowest BCUT2D eigenvalue weighted by molar-refractivity contribution is -0.125. The second-order valence-electron chi connectivity index (χ2n) is 8.25. The van der Waals surface area contributed by atoms with Gasteiger partial charge < -0.3 is 14.8 Å². The summed E-state index contributed by atoms with van der Waals surface area (Å²) in [4.78, 5) is 13.6. The molecular weight excluding hydrogens is 452 g/mol. The molecule has 3 aromatic carbocycles. The number of amides is 1. The minimum Gasteiger partial charge on any atom is -0.497 e. The highest BCUT2D eigenvalue weighted by atomic mass is 32.2. The molecule has 0 aliphatic carbocycles. The number of benzene rings is 3. The van der Waals surface area contributed by atoms with Crippen LogP contribution in [0.2, 0.25) is 0 Å². The molecule has 8 heteroatoms. The number of nitrogens with one attached hydrogen (secondary N) is 1. The third-order valence-corrected chi connectivity index (χ3v) is 7.95. The van der Waals surface area contributed by atoms with E-state index in [-0.39, 0.29) is 23.9 Å². The molecule has 0 bridgehead atoms. The average molecular weight is 481 g/mol. The van der Waals surface area contributed by atoms with E-state index in [4.69, 9.17) is 9.47 Å². The molecule has 0 aromatic heterocycles. The molecule has 0 saturated heterocycles. The Morgan fingerprint density at radius 1 is 1.00 bits per heavy atom. The first-order valence-electron chi connectivity index (χ1n) is 11.0. The molecule has 1 heterocycles. The van der Waals surface area contributed by atoms with Crippen molar-refractivity contribution in [1.82, 2.24) is 9.62 Å². The Morgan fingerprint density at radius 2 is 1.71 bits per heavy atom. The SMILES string of the molecule is COc1ccc(OC)c(CNC(=O)[C@@H]2Cc3ccccc3CN2S(=O)(=O)c2ccc(C)cc2)c1. The number of carbonyl (C=O) groups is 1. The Labute approximate surface area is 200 Å². The number of hydrogen-bond acceptors (Lipinski definition) is 5. The summed E-state index contributed by atoms with van der Waals surface area (Å²) in [6, 6.07) is 18.8. The summed E-state index contributed by atoms with van der Waals surface area (Å²) >= 11 is 0. The fourth-order valence-electron chi connectivity index (χ4n) is 4.14. The average Bonchev–Trinajstić information content (AvgIpc) is 2.86. The molecule has 1 aliphatic rings. The Hall–Kier alpha value is -3.36. The first kappa shape index (κ1) is 23.8. The molecule has 3 aromatic rings. The predicted octanol–water partition coefficient (Wildman–Crippen LogP) is 3.44. The van der Waals surface area contributed by atoms with Crippen LogP contribution in [-0.2, 0) is 34.3 Å². The lowest BCUT2D eigenvalue weighted by atomic mass is 9.95. The summed E-state index contributed by atoms with van der Waals surface area (Å²) in [6.45, 7) is 2.21. The highest BCUT2D eigenvalue weighted by Crippen LogP contribution is 2.30. The van der Waals surface area contributed by atoms with E-state index in [0.717, 1.165) is 22.3 Å². The van der Waals surface area contributed by atoms with Crippen LogP contribution in [0.4, 0.5) is 0 Å². The van der Waals surface area contributed by atoms with Crippen LogP contribution in [0.25, 0.3) is 0 Å². The van der Waals surface area contributed by atoms with Crippen molar-refractivity contribution in [3.63, 3.8) is 0 Å². The van der Waals surface area contributed by atoms with E-state index < -0.39 is 16.1 Å². The fourth-order valence-corrected chi connectivity index (χ4v) is 5.71. The minimum atomic E-state index is -3.89. The Bertz CT molecular complexity index is 1290. The van der Waals surface area contributed by atoms with Gasteiger partial charge in [-0.2, -0.15) is 4.31 Å². The molecule has 34 heavy (non-hydrogen) atoms. The molecule has 0 fully saturated rings. The van der Waals surface area contributed by atoms with Crippen LogP contribution in [0.15, 0.2) is 71.6 Å². The lowest BCUT2D eigenvalue weighted by Crippen LogP contribution is -2.52. The van der Waals surface area contributed by atoms with Crippen LogP contribution in [0.1, 0.15) is 22.3 Å². The van der Waals surface area contributed by atoms with Crippen LogP contribution < -0.4 is 14.8 Å². The van der Waals surface area contributed by atoms with Gasteiger partial charge >= 0.3 is 0 Å². The van der Waals surface area contributed by atoms with E-state index in [2.05, 4.69) is 5.32 Å². The fraction of sp³-hybridized carbons (Fsp3) is 0.269. The van der Waals surface area contributed by atoms with Crippen molar-refractivity contribution < 1.29 is 22.7 Å². The van der Waals surface area contributed by atoms with Crippen LogP contribution in [0.5, 0.6) is 11.5 Å². The molecule has 1 amide bonds. The van der Waals surface area contributed by atoms with Crippen molar-refractivity contribution in [3.8, 4) is 11.5 Å². The van der Waals surface area contributed by atoms with Gasteiger partial charge in [-0.3, -0.25) is 4.79 Å². The van der Waals surface area contributed by atoms with Gasteiger partial charge in [0.1, 0.15) is 17.5 Å². The quantitative estimate of drug-likeness (QED) is 0.560. The van der Waals surface area contributed by atoms with Gasteiger partial charge in [0.15, 0.2) is 0 Å². The number of aryl methyl sites for hydroxylation is 1. The molecule has 1 aliphatic heterocycles. The van der Waals surface area contributed by atoms with E-state index in [1.165, 1.54) is 4.31 Å². The lowest BCUT2D eigenvalue weighted by Gasteiger charge is -2.35. The number of nitrogens with zero attached hydrogens (tertiary/aromatic N) is 1. The van der Waals surface area contributed by atoms with Gasteiger partial charge in [-0.25, -0.2) is 8.42 Å². The highest BCUT2D eigenvalue weighted by Gasteiger charge is 2.39. The molecular formula is C26H28N2O5S. The van der Waals surface area contributed by atoms with E-state index >= 15 is 0 Å². The van der Waals surface area contributed by atoms with E-state index in [9.17, 15) is 13.2 Å². The third kappa shape index (κ3) is 4.78. The smallest absolute Gasteiger partial charge is 0.244 e. The molecule has 1 N–H and O–H groups in total. The van der Waals surface area contributed by atoms with E-state index in [1.54, 1.807) is 56.7 Å². The maximum atomic E-state index is 13.6. The standard InChI is InChI=1S/C26H28N2O5S/c1-18-8-11-23(12-9-18)34(30,31)28-17-20-7-5-4-6-19(20)15-24(28)26(29)27-16-21-14-22(32-2)10-13-25(21)33-3/h4-14,24H,15-17H2,1-3H3,(H,27,29)/t24-/m0/s1. The predicted molar refractivity (Wildman–Crippen MR) is 129 cm³/mol. The van der Waals surface area contributed by atoms with Gasteiger partial charge in [-0.1, -0.05) is 42.0 Å². The van der Waals surface area contributed by atoms with Crippen molar-refractivity contribution in [3.05, 3.63) is 89.0 Å². The van der Waals surface area contributed by atoms with Crippen LogP contribution in [0, 0.1) is 6.92 Å².